The minimum absolute atomic E-state index is 0.616. The molecule has 1 heterocycles. The van der Waals surface area contributed by atoms with Crippen LogP contribution in [0.5, 0.6) is 5.75 Å². The molecule has 0 saturated heterocycles. The molecule has 2 aromatic rings. The number of nitrogens with one attached hydrogen (secondary N) is 1. The zero-order valence-corrected chi connectivity index (χ0v) is 12.6. The fraction of sp³-hybridized carbons (Fsp3) is 0.312. The van der Waals surface area contributed by atoms with E-state index in [9.17, 15) is 0 Å². The van der Waals surface area contributed by atoms with Gasteiger partial charge >= 0.3 is 0 Å². The standard InChI is InChI=1S/C16H19ClN2O/c1-3-6-18-9-12-7-14(11-19-10-12)13-4-5-15(17)16(8-13)20-2/h4-5,7-8,10-11,18H,3,6,9H2,1-2H3. The van der Waals surface area contributed by atoms with E-state index in [1.165, 1.54) is 5.56 Å². The van der Waals surface area contributed by atoms with E-state index in [1.54, 1.807) is 7.11 Å². The van der Waals surface area contributed by atoms with Crippen LogP contribution in [0.25, 0.3) is 11.1 Å². The van der Waals surface area contributed by atoms with E-state index in [1.807, 2.05) is 30.6 Å². The van der Waals surface area contributed by atoms with Crippen LogP contribution in [-0.2, 0) is 6.54 Å². The van der Waals surface area contributed by atoms with Gasteiger partial charge in [0.15, 0.2) is 0 Å². The Balaban J connectivity index is 2.22. The zero-order chi connectivity index (χ0) is 14.4. The van der Waals surface area contributed by atoms with E-state index in [0.29, 0.717) is 10.8 Å². The summed E-state index contributed by atoms with van der Waals surface area (Å²) in [4.78, 5) is 4.30. The minimum Gasteiger partial charge on any atom is -0.495 e. The lowest BCUT2D eigenvalue weighted by Gasteiger charge is -2.08. The van der Waals surface area contributed by atoms with Crippen molar-refractivity contribution in [2.45, 2.75) is 19.9 Å². The summed E-state index contributed by atoms with van der Waals surface area (Å²) in [5.41, 5.74) is 3.29. The molecule has 4 heteroatoms. The third-order valence-electron chi connectivity index (χ3n) is 3.04. The molecule has 0 fully saturated rings. The van der Waals surface area contributed by atoms with Crippen LogP contribution >= 0.6 is 11.6 Å². The van der Waals surface area contributed by atoms with Crippen molar-refractivity contribution in [3.8, 4) is 16.9 Å². The summed E-state index contributed by atoms with van der Waals surface area (Å²) in [5.74, 6) is 0.679. The molecule has 20 heavy (non-hydrogen) atoms. The molecule has 106 valence electrons. The molecule has 2 rings (SSSR count). The summed E-state index contributed by atoms with van der Waals surface area (Å²) in [6.45, 7) is 4.00. The fourth-order valence-corrected chi connectivity index (χ4v) is 2.19. The first kappa shape index (κ1) is 14.8. The normalized spacial score (nSPS) is 10.6. The minimum atomic E-state index is 0.616. The molecule has 1 aromatic heterocycles. The quantitative estimate of drug-likeness (QED) is 0.819. The molecule has 0 aliphatic carbocycles. The second kappa shape index (κ2) is 7.27. The first-order valence-electron chi connectivity index (χ1n) is 6.73. The molecule has 0 bridgehead atoms. The molecule has 0 unspecified atom stereocenters. The summed E-state index contributed by atoms with van der Waals surface area (Å²) in [6, 6.07) is 7.89. The topological polar surface area (TPSA) is 34.2 Å². The molecule has 0 amide bonds. The Morgan fingerprint density at radius 2 is 2.05 bits per heavy atom. The van der Waals surface area contributed by atoms with Crippen LogP contribution in [0.2, 0.25) is 5.02 Å². The van der Waals surface area contributed by atoms with Crippen molar-refractivity contribution in [2.75, 3.05) is 13.7 Å². The first-order chi connectivity index (χ1) is 9.74. The number of hydrogen-bond donors (Lipinski definition) is 1. The van der Waals surface area contributed by atoms with E-state index < -0.39 is 0 Å². The van der Waals surface area contributed by atoms with Gasteiger partial charge in [-0.05, 0) is 42.3 Å². The van der Waals surface area contributed by atoms with Gasteiger partial charge in [0.2, 0.25) is 0 Å². The number of rotatable bonds is 6. The van der Waals surface area contributed by atoms with E-state index in [0.717, 1.165) is 30.6 Å². The van der Waals surface area contributed by atoms with Crippen molar-refractivity contribution in [3.05, 3.63) is 47.2 Å². The Hall–Kier alpha value is -1.58. The second-order valence-electron chi connectivity index (χ2n) is 4.61. The predicted molar refractivity (Wildman–Crippen MR) is 83.2 cm³/mol. The molecule has 0 spiro atoms. The first-order valence-corrected chi connectivity index (χ1v) is 7.11. The number of halogens is 1. The number of pyridine rings is 1. The highest BCUT2D eigenvalue weighted by molar-refractivity contribution is 6.32. The summed E-state index contributed by atoms with van der Waals surface area (Å²) >= 11 is 6.05. The second-order valence-corrected chi connectivity index (χ2v) is 5.02. The summed E-state index contributed by atoms with van der Waals surface area (Å²) in [6.07, 6.45) is 4.87. The maximum Gasteiger partial charge on any atom is 0.138 e. The smallest absolute Gasteiger partial charge is 0.138 e. The Morgan fingerprint density at radius 3 is 2.80 bits per heavy atom. The van der Waals surface area contributed by atoms with Crippen molar-refractivity contribution in [3.63, 3.8) is 0 Å². The Kier molecular flexibility index (Phi) is 5.39. The van der Waals surface area contributed by atoms with E-state index in [4.69, 9.17) is 16.3 Å². The van der Waals surface area contributed by atoms with Gasteiger partial charge in [-0.15, -0.1) is 0 Å². The van der Waals surface area contributed by atoms with Crippen molar-refractivity contribution in [2.24, 2.45) is 0 Å². The van der Waals surface area contributed by atoms with Gasteiger partial charge in [-0.2, -0.15) is 0 Å². The van der Waals surface area contributed by atoms with Gasteiger partial charge < -0.3 is 10.1 Å². The molecule has 0 aliphatic heterocycles. The lowest BCUT2D eigenvalue weighted by Crippen LogP contribution is -2.13. The van der Waals surface area contributed by atoms with Gasteiger partial charge in [-0.1, -0.05) is 24.6 Å². The lowest BCUT2D eigenvalue weighted by molar-refractivity contribution is 0.415. The molecule has 0 saturated carbocycles. The molecule has 0 atom stereocenters. The highest BCUT2D eigenvalue weighted by atomic mass is 35.5. The van der Waals surface area contributed by atoms with Crippen molar-refractivity contribution >= 4 is 11.6 Å². The van der Waals surface area contributed by atoms with Crippen LogP contribution in [0.4, 0.5) is 0 Å². The van der Waals surface area contributed by atoms with Crippen LogP contribution in [-0.4, -0.2) is 18.6 Å². The monoisotopic (exact) mass is 290 g/mol. The average molecular weight is 291 g/mol. The van der Waals surface area contributed by atoms with Gasteiger partial charge in [-0.25, -0.2) is 0 Å². The predicted octanol–water partition coefficient (Wildman–Crippen LogP) is 3.91. The maximum absolute atomic E-state index is 6.05. The van der Waals surface area contributed by atoms with Gasteiger partial charge in [0.05, 0.1) is 12.1 Å². The van der Waals surface area contributed by atoms with Gasteiger partial charge in [0.1, 0.15) is 5.75 Å². The zero-order valence-electron chi connectivity index (χ0n) is 11.8. The van der Waals surface area contributed by atoms with Crippen molar-refractivity contribution in [1.82, 2.24) is 10.3 Å². The highest BCUT2D eigenvalue weighted by Gasteiger charge is 2.05. The average Bonchev–Trinajstić information content (AvgIpc) is 2.48. The summed E-state index contributed by atoms with van der Waals surface area (Å²) < 4.78 is 5.25. The number of methoxy groups -OCH3 is 1. The highest BCUT2D eigenvalue weighted by Crippen LogP contribution is 2.30. The fourth-order valence-electron chi connectivity index (χ4n) is 1.99. The third-order valence-corrected chi connectivity index (χ3v) is 3.35. The Morgan fingerprint density at radius 1 is 1.20 bits per heavy atom. The van der Waals surface area contributed by atoms with Crippen LogP contribution in [0, 0.1) is 0 Å². The Bertz CT molecular complexity index is 572. The van der Waals surface area contributed by atoms with E-state index >= 15 is 0 Å². The number of hydrogen-bond acceptors (Lipinski definition) is 3. The van der Waals surface area contributed by atoms with Gasteiger partial charge in [-0.3, -0.25) is 4.98 Å². The molecule has 1 aromatic carbocycles. The lowest BCUT2D eigenvalue weighted by atomic mass is 10.1. The van der Waals surface area contributed by atoms with Crippen LogP contribution in [0.3, 0.4) is 0 Å². The maximum atomic E-state index is 6.05. The molecule has 0 radical (unpaired) electrons. The van der Waals surface area contributed by atoms with E-state index in [-0.39, 0.29) is 0 Å². The Labute approximate surface area is 124 Å². The van der Waals surface area contributed by atoms with Gasteiger partial charge in [0.25, 0.3) is 0 Å². The largest absolute Gasteiger partial charge is 0.495 e. The van der Waals surface area contributed by atoms with Crippen LogP contribution < -0.4 is 10.1 Å². The summed E-state index contributed by atoms with van der Waals surface area (Å²) in [5, 5.41) is 3.99. The number of benzene rings is 1. The molecular weight excluding hydrogens is 272 g/mol. The molecule has 1 N–H and O–H groups in total. The van der Waals surface area contributed by atoms with Crippen LogP contribution in [0.1, 0.15) is 18.9 Å². The molecular formula is C16H19ClN2O. The third kappa shape index (κ3) is 3.71. The van der Waals surface area contributed by atoms with Crippen LogP contribution in [0.15, 0.2) is 36.7 Å². The van der Waals surface area contributed by atoms with Gasteiger partial charge in [0, 0.05) is 24.5 Å². The number of aromatic nitrogens is 1. The van der Waals surface area contributed by atoms with Crippen molar-refractivity contribution in [1.29, 1.82) is 0 Å². The SMILES string of the molecule is CCCNCc1cncc(-c2ccc(Cl)c(OC)c2)c1. The van der Waals surface area contributed by atoms with Crippen molar-refractivity contribution < 1.29 is 4.74 Å². The number of ether oxygens (including phenoxy) is 1. The summed E-state index contributed by atoms with van der Waals surface area (Å²) in [7, 11) is 1.62. The molecule has 3 nitrogen and oxygen atoms in total. The van der Waals surface area contributed by atoms with E-state index in [2.05, 4.69) is 23.3 Å². The number of nitrogens with zero attached hydrogens (tertiary/aromatic N) is 1. The molecule has 0 aliphatic rings.